The third kappa shape index (κ3) is 9.05. The molecule has 0 heterocycles. The Labute approximate surface area is 216 Å². The molecule has 2 rings (SSSR count). The van der Waals surface area contributed by atoms with Crippen LogP contribution in [0.5, 0.6) is 0 Å². The highest BCUT2D eigenvalue weighted by molar-refractivity contribution is 7.99. The first-order chi connectivity index (χ1) is 15.7. The first kappa shape index (κ1) is 27.8. The molecular formula is C25H31Cl3N2O2S. The molecule has 1 atom stereocenters. The van der Waals surface area contributed by atoms with Crippen LogP contribution in [0.3, 0.4) is 0 Å². The molecule has 0 aliphatic heterocycles. The van der Waals surface area contributed by atoms with E-state index in [0.717, 1.165) is 10.6 Å². The van der Waals surface area contributed by atoms with Gasteiger partial charge in [-0.1, -0.05) is 61.6 Å². The number of hydrogen-bond donors (Lipinski definition) is 1. The smallest absolute Gasteiger partial charge is 0.242 e. The van der Waals surface area contributed by atoms with E-state index in [1.54, 1.807) is 34.9 Å². The Hall–Kier alpha value is -1.40. The Morgan fingerprint density at radius 3 is 2.24 bits per heavy atom. The van der Waals surface area contributed by atoms with Crippen molar-refractivity contribution in [1.82, 2.24) is 10.2 Å². The van der Waals surface area contributed by atoms with Gasteiger partial charge in [0, 0.05) is 45.0 Å². The molecule has 0 aliphatic rings. The molecule has 0 fully saturated rings. The SMILES string of the molecule is CCC(C(=O)NCC(C)C)N(Cc1c(Cl)cccc1Cl)C(=O)CCCSc1ccc(Cl)cc1. The first-order valence-electron chi connectivity index (χ1n) is 11.1. The number of hydrogen-bond acceptors (Lipinski definition) is 3. The van der Waals surface area contributed by atoms with Crippen LogP contribution in [0, 0.1) is 5.92 Å². The quantitative estimate of drug-likeness (QED) is 0.236. The predicted octanol–water partition coefficient (Wildman–Crippen LogP) is 7.10. The van der Waals surface area contributed by atoms with Crippen LogP contribution in [-0.4, -0.2) is 35.1 Å². The van der Waals surface area contributed by atoms with E-state index in [9.17, 15) is 9.59 Å². The number of nitrogens with one attached hydrogen (secondary N) is 1. The molecule has 2 aromatic carbocycles. The number of nitrogens with zero attached hydrogens (tertiary/aromatic N) is 1. The lowest BCUT2D eigenvalue weighted by Gasteiger charge is -2.31. The third-order valence-corrected chi connectivity index (χ3v) is 7.14. The predicted molar refractivity (Wildman–Crippen MR) is 140 cm³/mol. The lowest BCUT2D eigenvalue weighted by atomic mass is 10.1. The minimum atomic E-state index is -0.590. The van der Waals surface area contributed by atoms with Gasteiger partial charge in [0.2, 0.25) is 11.8 Å². The average Bonchev–Trinajstić information content (AvgIpc) is 2.78. The normalized spacial score (nSPS) is 12.0. The molecular weight excluding hydrogens is 499 g/mol. The van der Waals surface area contributed by atoms with E-state index in [0.29, 0.717) is 52.4 Å². The van der Waals surface area contributed by atoms with Crippen molar-refractivity contribution in [2.45, 2.75) is 57.5 Å². The topological polar surface area (TPSA) is 49.4 Å². The van der Waals surface area contributed by atoms with E-state index in [2.05, 4.69) is 5.32 Å². The van der Waals surface area contributed by atoms with Gasteiger partial charge in [0.1, 0.15) is 6.04 Å². The van der Waals surface area contributed by atoms with Gasteiger partial charge in [-0.3, -0.25) is 9.59 Å². The maximum Gasteiger partial charge on any atom is 0.242 e. The summed E-state index contributed by atoms with van der Waals surface area (Å²) in [7, 11) is 0. The van der Waals surface area contributed by atoms with Gasteiger partial charge in [0.15, 0.2) is 0 Å². The lowest BCUT2D eigenvalue weighted by molar-refractivity contribution is -0.141. The molecule has 0 saturated heterocycles. The standard InChI is InChI=1S/C25H31Cl3N2O2S/c1-4-23(25(32)29-15-17(2)3)30(16-20-21(27)7-5-8-22(20)28)24(31)9-6-14-33-19-12-10-18(26)11-13-19/h5,7-8,10-13,17,23H,4,6,9,14-16H2,1-3H3,(H,29,32). The van der Waals surface area contributed by atoms with Crippen LogP contribution in [0.25, 0.3) is 0 Å². The van der Waals surface area contributed by atoms with Crippen molar-refractivity contribution in [2.75, 3.05) is 12.3 Å². The minimum absolute atomic E-state index is 0.0887. The second kappa shape index (κ2) is 14.1. The van der Waals surface area contributed by atoms with E-state index in [1.165, 1.54) is 0 Å². The highest BCUT2D eigenvalue weighted by Crippen LogP contribution is 2.28. The summed E-state index contributed by atoms with van der Waals surface area (Å²) in [6, 6.07) is 12.3. The zero-order valence-corrected chi connectivity index (χ0v) is 22.3. The number of halogens is 3. The molecule has 33 heavy (non-hydrogen) atoms. The maximum atomic E-state index is 13.3. The summed E-state index contributed by atoms with van der Waals surface area (Å²) in [5, 5.41) is 4.63. The van der Waals surface area contributed by atoms with E-state index >= 15 is 0 Å². The van der Waals surface area contributed by atoms with Crippen LogP contribution < -0.4 is 5.32 Å². The second-order valence-electron chi connectivity index (χ2n) is 8.19. The van der Waals surface area contributed by atoms with Crippen LogP contribution in [0.2, 0.25) is 15.1 Å². The summed E-state index contributed by atoms with van der Waals surface area (Å²) >= 11 is 20.4. The zero-order chi connectivity index (χ0) is 24.4. The molecule has 1 unspecified atom stereocenters. The molecule has 0 saturated carbocycles. The summed E-state index contributed by atoms with van der Waals surface area (Å²) in [6.45, 7) is 6.72. The first-order valence-corrected chi connectivity index (χ1v) is 13.2. The third-order valence-electron chi connectivity index (χ3n) is 5.08. The van der Waals surface area contributed by atoms with Crippen molar-refractivity contribution in [3.8, 4) is 0 Å². The maximum absolute atomic E-state index is 13.3. The van der Waals surface area contributed by atoms with Crippen LogP contribution in [0.1, 0.15) is 45.6 Å². The van der Waals surface area contributed by atoms with E-state index in [-0.39, 0.29) is 18.4 Å². The molecule has 180 valence electrons. The zero-order valence-electron chi connectivity index (χ0n) is 19.2. The fourth-order valence-corrected chi connectivity index (χ4v) is 4.78. The van der Waals surface area contributed by atoms with Crippen LogP contribution >= 0.6 is 46.6 Å². The van der Waals surface area contributed by atoms with Gasteiger partial charge in [-0.05, 0) is 60.9 Å². The van der Waals surface area contributed by atoms with Crippen LogP contribution in [0.15, 0.2) is 47.4 Å². The van der Waals surface area contributed by atoms with Gasteiger partial charge in [-0.15, -0.1) is 11.8 Å². The molecule has 4 nitrogen and oxygen atoms in total. The van der Waals surface area contributed by atoms with Crippen molar-refractivity contribution in [3.63, 3.8) is 0 Å². The van der Waals surface area contributed by atoms with E-state index < -0.39 is 6.04 Å². The summed E-state index contributed by atoms with van der Waals surface area (Å²) < 4.78 is 0. The summed E-state index contributed by atoms with van der Waals surface area (Å²) in [4.78, 5) is 29.0. The van der Waals surface area contributed by atoms with Gasteiger partial charge >= 0.3 is 0 Å². The summed E-state index contributed by atoms with van der Waals surface area (Å²) in [5.41, 5.74) is 0.653. The van der Waals surface area contributed by atoms with Gasteiger partial charge in [0.25, 0.3) is 0 Å². The molecule has 1 N–H and O–H groups in total. The Morgan fingerprint density at radius 1 is 1.03 bits per heavy atom. The Bertz CT molecular complexity index is 902. The van der Waals surface area contributed by atoms with Gasteiger partial charge < -0.3 is 10.2 Å². The molecule has 8 heteroatoms. The minimum Gasteiger partial charge on any atom is -0.354 e. The van der Waals surface area contributed by atoms with E-state index in [4.69, 9.17) is 34.8 Å². The number of rotatable bonds is 12. The number of thioether (sulfide) groups is 1. The Kier molecular flexibility index (Phi) is 11.9. The molecule has 2 aromatic rings. The Morgan fingerprint density at radius 2 is 1.67 bits per heavy atom. The molecule has 0 bridgehead atoms. The lowest BCUT2D eigenvalue weighted by Crippen LogP contribution is -2.49. The largest absolute Gasteiger partial charge is 0.354 e. The molecule has 0 radical (unpaired) electrons. The van der Waals surface area contributed by atoms with Crippen molar-refractivity contribution < 1.29 is 9.59 Å². The average molecular weight is 530 g/mol. The highest BCUT2D eigenvalue weighted by Gasteiger charge is 2.29. The van der Waals surface area contributed by atoms with Gasteiger partial charge in [0.05, 0.1) is 0 Å². The number of carbonyl (C=O) groups excluding carboxylic acids is 2. The van der Waals surface area contributed by atoms with Gasteiger partial charge in [-0.25, -0.2) is 0 Å². The molecule has 0 spiro atoms. The molecule has 2 amide bonds. The van der Waals surface area contributed by atoms with E-state index in [1.807, 2.05) is 45.0 Å². The highest BCUT2D eigenvalue weighted by atomic mass is 35.5. The number of amides is 2. The summed E-state index contributed by atoms with van der Waals surface area (Å²) in [5.74, 6) is 0.857. The van der Waals surface area contributed by atoms with Crippen molar-refractivity contribution in [1.29, 1.82) is 0 Å². The molecule has 0 aliphatic carbocycles. The fraction of sp³-hybridized carbons (Fsp3) is 0.440. The summed E-state index contributed by atoms with van der Waals surface area (Å²) in [6.07, 6.45) is 1.51. The number of benzene rings is 2. The van der Waals surface area contributed by atoms with Crippen molar-refractivity contribution in [2.24, 2.45) is 5.92 Å². The Balaban J connectivity index is 2.11. The van der Waals surface area contributed by atoms with Crippen molar-refractivity contribution >= 4 is 58.4 Å². The van der Waals surface area contributed by atoms with Crippen molar-refractivity contribution in [3.05, 3.63) is 63.1 Å². The second-order valence-corrected chi connectivity index (χ2v) is 10.6. The van der Waals surface area contributed by atoms with Crippen LogP contribution in [0.4, 0.5) is 0 Å². The van der Waals surface area contributed by atoms with Gasteiger partial charge in [-0.2, -0.15) is 0 Å². The fourth-order valence-electron chi connectivity index (χ4n) is 3.28. The number of carbonyl (C=O) groups is 2. The molecule has 0 aromatic heterocycles. The monoisotopic (exact) mass is 528 g/mol. The van der Waals surface area contributed by atoms with Crippen LogP contribution in [-0.2, 0) is 16.1 Å².